The monoisotopic (exact) mass is 257 g/mol. The standard InChI is InChI=1S/C13H23NO2S/c1-5-15-6-2-11(1)14-12-3-7-16-13(9-12)4-8-17-10-13/h11-12,14H,1-10H2. The molecule has 98 valence electrons. The molecular formula is C13H23NO2S. The maximum absolute atomic E-state index is 6.06. The first-order chi connectivity index (χ1) is 8.36. The molecule has 3 rings (SSSR count). The number of hydrogen-bond acceptors (Lipinski definition) is 4. The SMILES string of the molecule is C1CC(NC2CCOC3(CCSC3)C2)CCO1. The highest BCUT2D eigenvalue weighted by atomic mass is 32.2. The smallest absolute Gasteiger partial charge is 0.0795 e. The quantitative estimate of drug-likeness (QED) is 0.817. The van der Waals surface area contributed by atoms with Crippen molar-refractivity contribution in [3.63, 3.8) is 0 Å². The molecule has 1 N–H and O–H groups in total. The molecular weight excluding hydrogens is 234 g/mol. The van der Waals surface area contributed by atoms with Gasteiger partial charge in [0.25, 0.3) is 0 Å². The highest BCUT2D eigenvalue weighted by molar-refractivity contribution is 7.99. The van der Waals surface area contributed by atoms with Crippen LogP contribution in [0.1, 0.15) is 32.1 Å². The Bertz CT molecular complexity index is 250. The molecule has 4 heteroatoms. The fourth-order valence-corrected chi connectivity index (χ4v) is 4.61. The van der Waals surface area contributed by atoms with E-state index in [0.717, 1.165) is 19.8 Å². The normalized spacial score (nSPS) is 39.9. The summed E-state index contributed by atoms with van der Waals surface area (Å²) < 4.78 is 11.5. The molecule has 3 saturated heterocycles. The summed E-state index contributed by atoms with van der Waals surface area (Å²) in [5, 5.41) is 3.84. The number of nitrogens with one attached hydrogen (secondary N) is 1. The van der Waals surface area contributed by atoms with Crippen LogP contribution in [0.2, 0.25) is 0 Å². The Morgan fingerprint density at radius 2 is 1.88 bits per heavy atom. The van der Waals surface area contributed by atoms with Crippen LogP contribution in [0.15, 0.2) is 0 Å². The molecule has 3 aliphatic heterocycles. The third kappa shape index (κ3) is 2.98. The van der Waals surface area contributed by atoms with Gasteiger partial charge in [0.05, 0.1) is 5.60 Å². The van der Waals surface area contributed by atoms with Crippen LogP contribution in [-0.4, -0.2) is 49.0 Å². The predicted molar refractivity (Wildman–Crippen MR) is 70.6 cm³/mol. The Morgan fingerprint density at radius 3 is 2.65 bits per heavy atom. The minimum Gasteiger partial charge on any atom is -0.381 e. The van der Waals surface area contributed by atoms with Gasteiger partial charge in [0.1, 0.15) is 0 Å². The molecule has 17 heavy (non-hydrogen) atoms. The Kier molecular flexibility index (Phi) is 3.95. The minimum atomic E-state index is 0.214. The van der Waals surface area contributed by atoms with E-state index >= 15 is 0 Å². The van der Waals surface area contributed by atoms with Crippen LogP contribution in [0.25, 0.3) is 0 Å². The van der Waals surface area contributed by atoms with Crippen LogP contribution in [0.5, 0.6) is 0 Å². The topological polar surface area (TPSA) is 30.5 Å². The molecule has 2 unspecified atom stereocenters. The lowest BCUT2D eigenvalue weighted by atomic mass is 9.89. The van der Waals surface area contributed by atoms with E-state index in [2.05, 4.69) is 17.1 Å². The molecule has 3 heterocycles. The molecule has 0 amide bonds. The fraction of sp³-hybridized carbons (Fsp3) is 1.00. The van der Waals surface area contributed by atoms with Crippen molar-refractivity contribution in [2.75, 3.05) is 31.3 Å². The lowest BCUT2D eigenvalue weighted by molar-refractivity contribution is -0.0728. The summed E-state index contributed by atoms with van der Waals surface area (Å²) in [5.74, 6) is 2.49. The number of ether oxygens (including phenoxy) is 2. The predicted octanol–water partition coefficient (Wildman–Crippen LogP) is 1.81. The molecule has 3 fully saturated rings. The van der Waals surface area contributed by atoms with Crippen LogP contribution in [-0.2, 0) is 9.47 Å². The zero-order valence-corrected chi connectivity index (χ0v) is 11.3. The first-order valence-electron chi connectivity index (χ1n) is 6.92. The molecule has 0 aromatic carbocycles. The third-order valence-electron chi connectivity index (χ3n) is 4.25. The third-order valence-corrected chi connectivity index (χ3v) is 5.48. The van der Waals surface area contributed by atoms with Gasteiger partial charge in [-0.2, -0.15) is 11.8 Å². The summed E-state index contributed by atoms with van der Waals surface area (Å²) in [7, 11) is 0. The summed E-state index contributed by atoms with van der Waals surface area (Å²) >= 11 is 2.05. The van der Waals surface area contributed by atoms with Crippen molar-refractivity contribution in [2.24, 2.45) is 0 Å². The molecule has 0 radical (unpaired) electrons. The maximum atomic E-state index is 6.06. The molecule has 0 aromatic rings. The molecule has 0 aromatic heterocycles. The van der Waals surface area contributed by atoms with Crippen LogP contribution in [0.3, 0.4) is 0 Å². The number of rotatable bonds is 2. The van der Waals surface area contributed by atoms with Crippen molar-refractivity contribution in [3.8, 4) is 0 Å². The first-order valence-corrected chi connectivity index (χ1v) is 8.07. The van der Waals surface area contributed by atoms with Crippen LogP contribution in [0.4, 0.5) is 0 Å². The Hall–Kier alpha value is 0.230. The number of hydrogen-bond donors (Lipinski definition) is 1. The molecule has 0 saturated carbocycles. The fourth-order valence-electron chi connectivity index (χ4n) is 3.23. The summed E-state index contributed by atoms with van der Waals surface area (Å²) in [5.41, 5.74) is 0.214. The molecule has 3 nitrogen and oxygen atoms in total. The van der Waals surface area contributed by atoms with E-state index in [1.165, 1.54) is 43.6 Å². The summed E-state index contributed by atoms with van der Waals surface area (Å²) in [6.07, 6.45) is 6.02. The van der Waals surface area contributed by atoms with E-state index < -0.39 is 0 Å². The van der Waals surface area contributed by atoms with Gasteiger partial charge in [0.2, 0.25) is 0 Å². The van der Waals surface area contributed by atoms with E-state index in [4.69, 9.17) is 9.47 Å². The Labute approximate surface area is 108 Å². The average molecular weight is 257 g/mol. The van der Waals surface area contributed by atoms with Gasteiger partial charge >= 0.3 is 0 Å². The second-order valence-corrected chi connectivity index (χ2v) is 6.68. The van der Waals surface area contributed by atoms with Crippen molar-refractivity contribution in [1.82, 2.24) is 5.32 Å². The summed E-state index contributed by atoms with van der Waals surface area (Å²) in [4.78, 5) is 0. The van der Waals surface area contributed by atoms with Gasteiger partial charge in [-0.3, -0.25) is 0 Å². The van der Waals surface area contributed by atoms with Gasteiger partial charge in [-0.15, -0.1) is 0 Å². The molecule has 0 aliphatic carbocycles. The van der Waals surface area contributed by atoms with E-state index in [-0.39, 0.29) is 5.60 Å². The molecule has 3 aliphatic rings. The molecule has 2 atom stereocenters. The van der Waals surface area contributed by atoms with Crippen LogP contribution < -0.4 is 5.32 Å². The summed E-state index contributed by atoms with van der Waals surface area (Å²) in [6.45, 7) is 2.81. The van der Waals surface area contributed by atoms with Gasteiger partial charge in [-0.05, 0) is 37.9 Å². The van der Waals surface area contributed by atoms with Gasteiger partial charge in [-0.1, -0.05) is 0 Å². The lowest BCUT2D eigenvalue weighted by Gasteiger charge is -2.40. The van der Waals surface area contributed by atoms with E-state index in [1.54, 1.807) is 0 Å². The van der Waals surface area contributed by atoms with Crippen molar-refractivity contribution < 1.29 is 9.47 Å². The Balaban J connectivity index is 1.52. The zero-order chi connectivity index (χ0) is 11.6. The van der Waals surface area contributed by atoms with Gasteiger partial charge in [0, 0.05) is 37.7 Å². The van der Waals surface area contributed by atoms with Crippen molar-refractivity contribution >= 4 is 11.8 Å². The van der Waals surface area contributed by atoms with Crippen molar-refractivity contribution in [1.29, 1.82) is 0 Å². The van der Waals surface area contributed by atoms with Crippen LogP contribution in [0, 0.1) is 0 Å². The van der Waals surface area contributed by atoms with Crippen molar-refractivity contribution in [3.05, 3.63) is 0 Å². The highest BCUT2D eigenvalue weighted by Crippen LogP contribution is 2.38. The lowest BCUT2D eigenvalue weighted by Crippen LogP contribution is -2.50. The van der Waals surface area contributed by atoms with Gasteiger partial charge in [0.15, 0.2) is 0 Å². The van der Waals surface area contributed by atoms with E-state index in [0.29, 0.717) is 12.1 Å². The molecule has 1 spiro atoms. The van der Waals surface area contributed by atoms with Crippen LogP contribution >= 0.6 is 11.8 Å². The van der Waals surface area contributed by atoms with Crippen molar-refractivity contribution in [2.45, 2.75) is 49.8 Å². The minimum absolute atomic E-state index is 0.214. The zero-order valence-electron chi connectivity index (χ0n) is 10.5. The number of thioether (sulfide) groups is 1. The summed E-state index contributed by atoms with van der Waals surface area (Å²) in [6, 6.07) is 1.35. The average Bonchev–Trinajstić information content (AvgIpc) is 2.79. The second kappa shape index (κ2) is 5.47. The maximum Gasteiger partial charge on any atom is 0.0795 e. The van der Waals surface area contributed by atoms with Gasteiger partial charge < -0.3 is 14.8 Å². The highest BCUT2D eigenvalue weighted by Gasteiger charge is 2.40. The largest absolute Gasteiger partial charge is 0.381 e. The molecule has 0 bridgehead atoms. The van der Waals surface area contributed by atoms with E-state index in [1.807, 2.05) is 0 Å². The van der Waals surface area contributed by atoms with Gasteiger partial charge in [-0.25, -0.2) is 0 Å². The second-order valence-electron chi connectivity index (χ2n) is 5.58. The van der Waals surface area contributed by atoms with E-state index in [9.17, 15) is 0 Å². The first kappa shape index (κ1) is 12.3. The Morgan fingerprint density at radius 1 is 1.06 bits per heavy atom.